The molecule has 7 heterocycles. The molecule has 2 saturated heterocycles. The normalized spacial score (nSPS) is 27.4. The SMILES string of the molecule is CCCCCCCCCCSCCN[C@@]1(C)C[C@@H](O[C@H]2[C@H](Oc3c4cc5cc3Oc3ccc(cc3Cl)[C@@H](O)[C@@H](NC(=O)[C@@H](CC(C)C)NC)C(=O)N[C@@H](CC(N)=O)C(=O)N[C@H]5C(=O)N[C@H]3C(=O)N[C@H](C(=O)N[C@H](C(=O)O)c5cc(O)cc(O)c5-c5cc3ccc5O)[C@H](O)c3ccc(c(Cl)c3)O4)O[C@H](CO)[C@@H](O)[C@@H]2O)O[C@@H](C)[C@@H]1O. The van der Waals surface area contributed by atoms with Gasteiger partial charge in [-0.05, 0) is 122 Å². The Bertz CT molecular complexity index is 4340. The number of hydrogen-bond acceptors (Lipinski definition) is 26. The summed E-state index contributed by atoms with van der Waals surface area (Å²) in [7, 11) is 1.48. The standard InChI is InChI=1S/C78H99Cl2N9O24S/c1-7-8-9-10-11-12-13-14-22-114-23-21-83-78(5)33-56(108-36(4)69(78)99)112-68-66(98)65(97)54(34-90)111-77(68)113-67-52-28-40-29-53(67)110-51-20-17-39(27-45(51)80)64(96)62-75(105)87-60(76(106)107)43-30-41(91)31-49(93)57(43)42-25-37(15-18-48(42)92)58(72(102)89-62)86-73(103)59(40)85-71(101)47(32-55(81)94)84-74(104)61(88-70(100)46(82-6)24-35(2)3)63(95)38-16-19-50(109-52)44(79)26-38/h15-20,25-31,35-36,46-47,54,56,58-66,68-69,77,82-83,90-93,95-99H,7-14,21-24,32-34H2,1-6H3,(H2,81,94)(H,84,104)(H,85,101)(H,86,103)(H,87,105)(H,88,100)(H,89,102)(H,106,107)/t36-,46+,47-,54+,56+,58+,59+,60-,61+,62-,63+,64+,65+,66-,68+,69-,77-,78-/m0/s1. The van der Waals surface area contributed by atoms with Gasteiger partial charge < -0.3 is 128 Å². The number of rotatable bonds is 26. The van der Waals surface area contributed by atoms with Crippen molar-refractivity contribution in [3.63, 3.8) is 0 Å². The molecule has 0 radical (unpaired) electrons. The number of aliphatic carboxylic acids is 1. The third-order valence-corrected chi connectivity index (χ3v) is 22.3. The lowest BCUT2D eigenvalue weighted by Crippen LogP contribution is -2.65. The molecule has 12 rings (SSSR count). The highest BCUT2D eigenvalue weighted by Gasteiger charge is 2.52. The number of halogens is 2. The summed E-state index contributed by atoms with van der Waals surface area (Å²) in [5.41, 5.74) is 1.89. The van der Waals surface area contributed by atoms with Crippen LogP contribution in [0, 0.1) is 5.92 Å². The highest BCUT2D eigenvalue weighted by atomic mass is 35.5. The van der Waals surface area contributed by atoms with Crippen molar-refractivity contribution in [1.29, 1.82) is 0 Å². The predicted octanol–water partition coefficient (Wildman–Crippen LogP) is 4.61. The Morgan fingerprint density at radius 2 is 1.31 bits per heavy atom. The molecule has 620 valence electrons. The third kappa shape index (κ3) is 20.7. The number of unbranched alkanes of at least 4 members (excludes halogenated alkanes) is 7. The molecule has 36 heteroatoms. The van der Waals surface area contributed by atoms with E-state index in [0.717, 1.165) is 91.7 Å². The molecule has 20 N–H and O–H groups in total. The first kappa shape index (κ1) is 87.5. The van der Waals surface area contributed by atoms with Crippen LogP contribution in [0.1, 0.15) is 163 Å². The van der Waals surface area contributed by atoms with Crippen LogP contribution in [0.15, 0.2) is 78.9 Å². The highest BCUT2D eigenvalue weighted by Crippen LogP contribution is 2.50. The number of thioether (sulfide) groups is 1. The fraction of sp³-hybridized carbons (Fsp3) is 0.513. The van der Waals surface area contributed by atoms with Gasteiger partial charge in [-0.2, -0.15) is 11.8 Å². The van der Waals surface area contributed by atoms with E-state index in [1.165, 1.54) is 51.3 Å². The predicted molar refractivity (Wildman–Crippen MR) is 413 cm³/mol. The number of phenols is 3. The Morgan fingerprint density at radius 3 is 1.92 bits per heavy atom. The molecule has 5 aromatic rings. The first-order valence-corrected chi connectivity index (χ1v) is 39.6. The second-order valence-corrected chi connectivity index (χ2v) is 31.7. The van der Waals surface area contributed by atoms with Gasteiger partial charge in [-0.15, -0.1) is 0 Å². The molecule has 5 aromatic carbocycles. The summed E-state index contributed by atoms with van der Waals surface area (Å²) >= 11 is 16.0. The zero-order chi connectivity index (χ0) is 82.7. The summed E-state index contributed by atoms with van der Waals surface area (Å²) in [6.45, 7) is 8.72. The fourth-order valence-corrected chi connectivity index (χ4v) is 15.8. The number of nitrogens with one attached hydrogen (secondary N) is 8. The van der Waals surface area contributed by atoms with Gasteiger partial charge in [0.2, 0.25) is 53.4 Å². The van der Waals surface area contributed by atoms with E-state index in [2.05, 4.69) is 49.5 Å². The van der Waals surface area contributed by atoms with Gasteiger partial charge in [0.1, 0.15) is 89.5 Å². The van der Waals surface area contributed by atoms with Gasteiger partial charge in [0, 0.05) is 47.0 Å². The summed E-state index contributed by atoms with van der Waals surface area (Å²) in [6.07, 6.45) is -8.70. The van der Waals surface area contributed by atoms with Crippen molar-refractivity contribution in [1.82, 2.24) is 42.5 Å². The Balaban J connectivity index is 1.15. The van der Waals surface area contributed by atoms with E-state index in [0.29, 0.717) is 12.3 Å². The molecule has 0 unspecified atom stereocenters. The number of carboxylic acids is 1. The summed E-state index contributed by atoms with van der Waals surface area (Å²) in [4.78, 5) is 118. The van der Waals surface area contributed by atoms with Gasteiger partial charge in [-0.25, -0.2) is 4.79 Å². The van der Waals surface area contributed by atoms with Crippen LogP contribution in [0.3, 0.4) is 0 Å². The largest absolute Gasteiger partial charge is 0.508 e. The van der Waals surface area contributed by atoms with Gasteiger partial charge in [0.15, 0.2) is 29.9 Å². The number of amides is 7. The van der Waals surface area contributed by atoms with Crippen LogP contribution in [-0.4, -0.2) is 209 Å². The lowest BCUT2D eigenvalue weighted by molar-refractivity contribution is -0.334. The number of nitrogens with two attached hydrogens (primary N) is 1. The molecule has 0 saturated carbocycles. The van der Waals surface area contributed by atoms with E-state index in [9.17, 15) is 75.0 Å². The molecule has 0 aromatic heterocycles. The quantitative estimate of drug-likeness (QED) is 0.0336. The van der Waals surface area contributed by atoms with E-state index in [4.69, 9.17) is 57.4 Å². The number of benzene rings is 5. The maximum absolute atomic E-state index is 16.2. The number of fused-ring (bicyclic) bond motifs is 15. The Hall–Kier alpha value is -8.85. The molecular formula is C78H99Cl2N9O24S. The molecule has 11 bridgehead atoms. The zero-order valence-electron chi connectivity index (χ0n) is 63.4. The van der Waals surface area contributed by atoms with Crippen molar-refractivity contribution in [3.8, 4) is 57.1 Å². The number of carbonyl (C=O) groups is 8. The average molecular weight is 1650 g/mol. The summed E-state index contributed by atoms with van der Waals surface area (Å²) < 4.78 is 39.4. The first-order valence-electron chi connectivity index (χ1n) is 37.7. The Labute approximate surface area is 671 Å². The number of hydrogen-bond donors (Lipinski definition) is 19. The van der Waals surface area contributed by atoms with Gasteiger partial charge in [-0.1, -0.05) is 107 Å². The van der Waals surface area contributed by atoms with Crippen LogP contribution in [0.4, 0.5) is 0 Å². The molecule has 7 aliphatic rings. The third-order valence-electron chi connectivity index (χ3n) is 20.7. The van der Waals surface area contributed by atoms with Crippen LogP contribution in [0.5, 0.6) is 46.0 Å². The highest BCUT2D eigenvalue weighted by molar-refractivity contribution is 7.99. The van der Waals surface area contributed by atoms with Crippen molar-refractivity contribution >= 4 is 82.3 Å². The first-order chi connectivity index (χ1) is 54.2. The van der Waals surface area contributed by atoms with Crippen LogP contribution in [0.2, 0.25) is 10.0 Å². The van der Waals surface area contributed by atoms with Gasteiger partial charge in [0.05, 0.1) is 41.3 Å². The molecule has 7 amide bonds. The van der Waals surface area contributed by atoms with Gasteiger partial charge >= 0.3 is 5.97 Å². The number of ether oxygens (including phenoxy) is 6. The minimum absolute atomic E-state index is 0.0883. The van der Waals surface area contributed by atoms with Crippen LogP contribution in [0.25, 0.3) is 11.1 Å². The van der Waals surface area contributed by atoms with Crippen LogP contribution >= 0.6 is 35.0 Å². The summed E-state index contributed by atoms with van der Waals surface area (Å²) in [5, 5.41) is 136. The molecule has 0 aliphatic carbocycles. The fourth-order valence-electron chi connectivity index (χ4n) is 14.5. The van der Waals surface area contributed by atoms with Crippen molar-refractivity contribution in [2.75, 3.05) is 31.7 Å². The average Bonchev–Trinajstić information content (AvgIpc) is 0.771. The zero-order valence-corrected chi connectivity index (χ0v) is 65.8. The van der Waals surface area contributed by atoms with Crippen LogP contribution in [-0.2, 0) is 52.6 Å². The topological polar surface area (TPSA) is 517 Å². The number of carbonyl (C=O) groups excluding carboxylic acids is 7. The lowest BCUT2D eigenvalue weighted by Gasteiger charge is -2.48. The maximum atomic E-state index is 16.2. The number of likely N-dealkylation sites (N-methyl/N-ethyl adjacent to an activating group) is 1. The van der Waals surface area contributed by atoms with E-state index in [1.807, 2.05) is 13.8 Å². The number of phenolic OH excluding ortho intramolecular Hbond substituents is 3. The number of aliphatic hydroxyl groups is 6. The van der Waals surface area contributed by atoms with Gasteiger partial charge in [0.25, 0.3) is 0 Å². The molecule has 33 nitrogen and oxygen atoms in total. The molecule has 0 spiro atoms. The minimum Gasteiger partial charge on any atom is -0.508 e. The van der Waals surface area contributed by atoms with Crippen molar-refractivity contribution in [2.45, 2.75) is 214 Å². The molecule has 114 heavy (non-hydrogen) atoms. The Kier molecular flexibility index (Phi) is 29.7. The number of aromatic hydroxyl groups is 3. The van der Waals surface area contributed by atoms with E-state index >= 15 is 14.4 Å². The second-order valence-electron chi connectivity index (χ2n) is 29.6. The Morgan fingerprint density at radius 1 is 0.693 bits per heavy atom. The smallest absolute Gasteiger partial charge is 0.330 e. The molecule has 18 atom stereocenters. The second kappa shape index (κ2) is 38.7. The molecule has 7 aliphatic heterocycles. The maximum Gasteiger partial charge on any atom is 0.330 e. The van der Waals surface area contributed by atoms with E-state index in [-0.39, 0.29) is 52.0 Å². The van der Waals surface area contributed by atoms with Crippen molar-refractivity contribution in [3.05, 3.63) is 117 Å². The van der Waals surface area contributed by atoms with Crippen LogP contribution < -0.4 is 62.5 Å². The van der Waals surface area contributed by atoms with E-state index < -0.39 is 231 Å². The van der Waals surface area contributed by atoms with Crippen molar-refractivity contribution in [2.24, 2.45) is 11.7 Å². The number of primary amides is 1. The summed E-state index contributed by atoms with van der Waals surface area (Å²) in [6, 6.07) is -0.413. The molecular weight excluding hydrogens is 1550 g/mol. The van der Waals surface area contributed by atoms with E-state index in [1.54, 1.807) is 25.6 Å². The molecule has 2 fully saturated rings. The minimum atomic E-state index is -2.34. The number of carboxylic acid groups (broad SMARTS) is 1. The van der Waals surface area contributed by atoms with Gasteiger partial charge in [-0.3, -0.25) is 33.6 Å². The number of aliphatic hydroxyl groups excluding tert-OH is 6. The monoisotopic (exact) mass is 1650 g/mol. The van der Waals surface area contributed by atoms with Crippen molar-refractivity contribution < 1.29 is 118 Å². The lowest BCUT2D eigenvalue weighted by atomic mass is 9.85. The summed E-state index contributed by atoms with van der Waals surface area (Å²) in [5.74, 6) is -14.2.